The summed E-state index contributed by atoms with van der Waals surface area (Å²) in [6.07, 6.45) is 1.29. The van der Waals surface area contributed by atoms with Crippen LogP contribution in [0.1, 0.15) is 41.5 Å². The van der Waals surface area contributed by atoms with Crippen LogP contribution in [0.25, 0.3) is 11.0 Å². The summed E-state index contributed by atoms with van der Waals surface area (Å²) in [7, 11) is 0. The second-order valence-electron chi connectivity index (χ2n) is 9.05. The summed E-state index contributed by atoms with van der Waals surface area (Å²) >= 11 is 0. The van der Waals surface area contributed by atoms with E-state index >= 15 is 0 Å². The Kier molecular flexibility index (Phi) is 5.42. The van der Waals surface area contributed by atoms with Gasteiger partial charge in [0.05, 0.1) is 5.39 Å². The van der Waals surface area contributed by atoms with E-state index in [4.69, 9.17) is 9.57 Å². The fourth-order valence-electron chi connectivity index (χ4n) is 3.04. The van der Waals surface area contributed by atoms with Gasteiger partial charge in [-0.1, -0.05) is 0 Å². The maximum Gasteiger partial charge on any atom is 0.410 e. The summed E-state index contributed by atoms with van der Waals surface area (Å²) in [5.74, 6) is 0.552. The first kappa shape index (κ1) is 20.9. The Morgan fingerprint density at radius 1 is 1.03 bits per heavy atom. The van der Waals surface area contributed by atoms with Gasteiger partial charge in [0.25, 0.3) is 0 Å². The SMILES string of the molecule is CC(C)(C)OC(=O)N1CCN(c2nc(=O)n(OC(C)(C)C)c3ncccc23)CC1. The van der Waals surface area contributed by atoms with Crippen LogP contribution in [0, 0.1) is 0 Å². The van der Waals surface area contributed by atoms with E-state index in [2.05, 4.69) is 9.97 Å². The number of fused-ring (bicyclic) bond motifs is 1. The summed E-state index contributed by atoms with van der Waals surface area (Å²) in [6, 6.07) is 3.67. The topological polar surface area (TPSA) is 89.8 Å². The first-order valence-corrected chi connectivity index (χ1v) is 9.75. The highest BCUT2D eigenvalue weighted by atomic mass is 16.7. The Morgan fingerprint density at radius 2 is 1.69 bits per heavy atom. The van der Waals surface area contributed by atoms with E-state index in [1.165, 1.54) is 0 Å². The highest BCUT2D eigenvalue weighted by Gasteiger charge is 2.28. The van der Waals surface area contributed by atoms with Gasteiger partial charge >= 0.3 is 11.8 Å². The van der Waals surface area contributed by atoms with Gasteiger partial charge in [0.15, 0.2) is 5.65 Å². The summed E-state index contributed by atoms with van der Waals surface area (Å²) in [6.45, 7) is 13.2. The second-order valence-corrected chi connectivity index (χ2v) is 9.05. The van der Waals surface area contributed by atoms with Gasteiger partial charge in [-0.3, -0.25) is 0 Å². The van der Waals surface area contributed by atoms with Crippen molar-refractivity contribution in [3.63, 3.8) is 0 Å². The lowest BCUT2D eigenvalue weighted by atomic mass is 10.2. The van der Waals surface area contributed by atoms with Crippen LogP contribution >= 0.6 is 0 Å². The monoisotopic (exact) mass is 403 g/mol. The van der Waals surface area contributed by atoms with Crippen molar-refractivity contribution in [3.8, 4) is 0 Å². The van der Waals surface area contributed by atoms with Gasteiger partial charge in [0.2, 0.25) is 0 Å². The second kappa shape index (κ2) is 7.53. The normalized spacial score (nSPS) is 15.5. The maximum atomic E-state index is 12.7. The van der Waals surface area contributed by atoms with Crippen LogP contribution in [0.3, 0.4) is 0 Å². The minimum absolute atomic E-state index is 0.328. The summed E-state index contributed by atoms with van der Waals surface area (Å²) in [5, 5.41) is 0.724. The number of aromatic nitrogens is 3. The minimum atomic E-state index is -0.573. The number of carbonyl (C=O) groups excluding carboxylic acids is 1. The molecule has 3 rings (SSSR count). The molecule has 1 saturated heterocycles. The number of hydrogen-bond acceptors (Lipinski definition) is 7. The Balaban J connectivity index is 1.86. The molecule has 2 aromatic heterocycles. The summed E-state index contributed by atoms with van der Waals surface area (Å²) in [4.78, 5) is 43.0. The number of amides is 1. The highest BCUT2D eigenvalue weighted by molar-refractivity contribution is 5.87. The molecule has 1 aliphatic heterocycles. The number of hydrogen-bond donors (Lipinski definition) is 0. The standard InChI is InChI=1S/C20H29N5O4/c1-19(2,3)28-18(27)24-12-10-23(11-13-24)16-14-8-7-9-21-15(14)25(17(26)22-16)29-20(4,5)6/h7-9H,10-13H2,1-6H3. The molecule has 9 heteroatoms. The Hall–Kier alpha value is -2.84. The van der Waals surface area contributed by atoms with Crippen molar-refractivity contribution in [2.75, 3.05) is 31.1 Å². The maximum absolute atomic E-state index is 12.7. The van der Waals surface area contributed by atoms with Crippen molar-refractivity contribution >= 4 is 22.9 Å². The number of piperazine rings is 1. The van der Waals surface area contributed by atoms with Crippen LogP contribution in [0.5, 0.6) is 0 Å². The number of ether oxygens (including phenoxy) is 1. The van der Waals surface area contributed by atoms with Crippen molar-refractivity contribution < 1.29 is 14.4 Å². The van der Waals surface area contributed by atoms with Gasteiger partial charge in [-0.2, -0.15) is 4.98 Å². The molecule has 1 aliphatic rings. The molecule has 0 atom stereocenters. The van der Waals surface area contributed by atoms with Crippen molar-refractivity contribution in [3.05, 3.63) is 28.8 Å². The average molecular weight is 403 g/mol. The largest absolute Gasteiger partial charge is 0.444 e. The fourth-order valence-corrected chi connectivity index (χ4v) is 3.04. The molecular formula is C20H29N5O4. The highest BCUT2D eigenvalue weighted by Crippen LogP contribution is 2.23. The van der Waals surface area contributed by atoms with Crippen LogP contribution in [0.4, 0.5) is 10.6 Å². The Morgan fingerprint density at radius 3 is 2.28 bits per heavy atom. The molecule has 2 aromatic rings. The van der Waals surface area contributed by atoms with Crippen molar-refractivity contribution in [2.45, 2.75) is 52.7 Å². The molecule has 0 spiro atoms. The molecule has 1 fully saturated rings. The third-order valence-electron chi connectivity index (χ3n) is 4.19. The molecule has 0 N–H and O–H groups in total. The zero-order valence-electron chi connectivity index (χ0n) is 17.9. The average Bonchev–Trinajstić information content (AvgIpc) is 2.62. The molecule has 158 valence electrons. The first-order valence-electron chi connectivity index (χ1n) is 9.75. The van der Waals surface area contributed by atoms with Crippen LogP contribution in [-0.4, -0.2) is 63.1 Å². The molecule has 3 heterocycles. The lowest BCUT2D eigenvalue weighted by Crippen LogP contribution is -2.51. The number of pyridine rings is 1. The molecular weight excluding hydrogens is 374 g/mol. The van der Waals surface area contributed by atoms with Gasteiger partial charge < -0.3 is 19.4 Å². The van der Waals surface area contributed by atoms with Gasteiger partial charge in [0, 0.05) is 32.4 Å². The zero-order valence-corrected chi connectivity index (χ0v) is 17.9. The molecule has 0 radical (unpaired) electrons. The van der Waals surface area contributed by atoms with Crippen LogP contribution in [-0.2, 0) is 4.74 Å². The Bertz CT molecular complexity index is 950. The van der Waals surface area contributed by atoms with Crippen molar-refractivity contribution in [1.29, 1.82) is 0 Å². The van der Waals surface area contributed by atoms with Crippen LogP contribution < -0.4 is 15.4 Å². The molecule has 0 unspecified atom stereocenters. The van der Waals surface area contributed by atoms with Gasteiger partial charge in [0.1, 0.15) is 17.0 Å². The van der Waals surface area contributed by atoms with E-state index in [0.717, 1.165) is 10.1 Å². The third-order valence-corrected chi connectivity index (χ3v) is 4.19. The molecule has 1 amide bonds. The number of carbonyl (C=O) groups is 1. The van der Waals surface area contributed by atoms with E-state index in [0.29, 0.717) is 37.6 Å². The van der Waals surface area contributed by atoms with Crippen molar-refractivity contribution in [1.82, 2.24) is 19.6 Å². The molecule has 0 saturated carbocycles. The van der Waals surface area contributed by atoms with E-state index in [1.54, 1.807) is 17.2 Å². The van der Waals surface area contributed by atoms with Gasteiger partial charge in [-0.05, 0) is 53.7 Å². The van der Waals surface area contributed by atoms with Gasteiger partial charge in [-0.25, -0.2) is 14.6 Å². The van der Waals surface area contributed by atoms with E-state index in [9.17, 15) is 9.59 Å². The molecule has 9 nitrogen and oxygen atoms in total. The predicted molar refractivity (Wildman–Crippen MR) is 110 cm³/mol. The summed E-state index contributed by atoms with van der Waals surface area (Å²) < 4.78 is 6.59. The molecule has 0 bridgehead atoms. The van der Waals surface area contributed by atoms with Gasteiger partial charge in [-0.15, -0.1) is 4.73 Å². The number of nitrogens with zero attached hydrogens (tertiary/aromatic N) is 5. The first-order chi connectivity index (χ1) is 13.4. The number of rotatable bonds is 2. The predicted octanol–water partition coefficient (Wildman–Crippen LogP) is 2.08. The fraction of sp³-hybridized carbons (Fsp3) is 0.600. The lowest BCUT2D eigenvalue weighted by Gasteiger charge is -2.36. The smallest absolute Gasteiger partial charge is 0.410 e. The van der Waals surface area contributed by atoms with Crippen LogP contribution in [0.2, 0.25) is 0 Å². The van der Waals surface area contributed by atoms with Crippen LogP contribution in [0.15, 0.2) is 23.1 Å². The van der Waals surface area contributed by atoms with Crippen molar-refractivity contribution in [2.24, 2.45) is 0 Å². The summed E-state index contributed by atoms with van der Waals surface area (Å²) in [5.41, 5.74) is -1.20. The quantitative estimate of drug-likeness (QED) is 0.758. The number of anilines is 1. The van der Waals surface area contributed by atoms with E-state index in [-0.39, 0.29) is 6.09 Å². The third kappa shape index (κ3) is 4.96. The van der Waals surface area contributed by atoms with E-state index in [1.807, 2.05) is 52.5 Å². The molecule has 0 aromatic carbocycles. The van der Waals surface area contributed by atoms with E-state index < -0.39 is 16.9 Å². The lowest BCUT2D eigenvalue weighted by molar-refractivity contribution is -0.0161. The molecule has 0 aliphatic carbocycles. The zero-order chi connectivity index (χ0) is 21.4. The minimum Gasteiger partial charge on any atom is -0.444 e. The molecule has 29 heavy (non-hydrogen) atoms. The Labute approximate surface area is 170 Å².